The SMILES string of the molecule is Cc1nnc2n1-c1sccc1C(c1ccc(Cl)cc1)=N[C@H]2CC(=O)OC(C)(C)C. The molecule has 0 saturated carbocycles. The van der Waals surface area contributed by atoms with Gasteiger partial charge in [0.25, 0.3) is 0 Å². The molecule has 2 aromatic heterocycles. The first-order valence-corrected chi connectivity index (χ1v) is 10.5. The molecule has 0 fully saturated rings. The molecule has 150 valence electrons. The molecule has 0 bridgehead atoms. The largest absolute Gasteiger partial charge is 0.460 e. The van der Waals surface area contributed by atoms with E-state index in [0.717, 1.165) is 27.7 Å². The number of carbonyl (C=O) groups excluding carboxylic acids is 1. The van der Waals surface area contributed by atoms with Crippen molar-refractivity contribution in [1.29, 1.82) is 0 Å². The summed E-state index contributed by atoms with van der Waals surface area (Å²) in [5.41, 5.74) is 2.15. The lowest BCUT2D eigenvalue weighted by Crippen LogP contribution is -2.25. The van der Waals surface area contributed by atoms with Gasteiger partial charge in [-0.2, -0.15) is 0 Å². The van der Waals surface area contributed by atoms with Crippen LogP contribution in [0.25, 0.3) is 5.00 Å². The van der Waals surface area contributed by atoms with Crippen LogP contribution in [0, 0.1) is 6.92 Å². The van der Waals surface area contributed by atoms with Crippen molar-refractivity contribution < 1.29 is 9.53 Å². The smallest absolute Gasteiger partial charge is 0.308 e. The molecule has 1 atom stereocenters. The van der Waals surface area contributed by atoms with Crippen molar-refractivity contribution in [3.05, 3.63) is 63.5 Å². The Balaban J connectivity index is 1.84. The molecule has 0 spiro atoms. The summed E-state index contributed by atoms with van der Waals surface area (Å²) in [6.07, 6.45) is 0.0848. The number of hydrogen-bond acceptors (Lipinski definition) is 6. The maximum absolute atomic E-state index is 12.6. The zero-order valence-corrected chi connectivity index (χ0v) is 18.2. The molecule has 0 unspecified atom stereocenters. The van der Waals surface area contributed by atoms with Crippen LogP contribution in [0.2, 0.25) is 5.02 Å². The normalized spacial score (nSPS) is 15.9. The fourth-order valence-electron chi connectivity index (χ4n) is 3.30. The summed E-state index contributed by atoms with van der Waals surface area (Å²) in [6, 6.07) is 9.08. The van der Waals surface area contributed by atoms with Crippen molar-refractivity contribution in [2.24, 2.45) is 4.99 Å². The quantitative estimate of drug-likeness (QED) is 0.555. The van der Waals surface area contributed by atoms with Crippen LogP contribution in [0.1, 0.15) is 56.0 Å². The predicted molar refractivity (Wildman–Crippen MR) is 114 cm³/mol. The van der Waals surface area contributed by atoms with E-state index in [0.29, 0.717) is 10.8 Å². The standard InChI is InChI=1S/C21H21ClN4O2S/c1-12-24-25-19-16(11-17(27)28-21(2,3)4)23-18(13-5-7-14(22)8-6-13)15-9-10-29-20(15)26(12)19/h5-10,16H,11H2,1-4H3/t16-/m0/s1. The monoisotopic (exact) mass is 428 g/mol. The second-order valence-electron chi connectivity index (χ2n) is 7.87. The van der Waals surface area contributed by atoms with Gasteiger partial charge in [-0.25, -0.2) is 0 Å². The molecule has 8 heteroatoms. The van der Waals surface area contributed by atoms with Gasteiger partial charge in [0.2, 0.25) is 0 Å². The summed E-state index contributed by atoms with van der Waals surface area (Å²) < 4.78 is 7.53. The van der Waals surface area contributed by atoms with Gasteiger partial charge in [-0.3, -0.25) is 14.4 Å². The third-order valence-electron chi connectivity index (χ3n) is 4.43. The van der Waals surface area contributed by atoms with Gasteiger partial charge in [0.15, 0.2) is 5.82 Å². The van der Waals surface area contributed by atoms with E-state index in [2.05, 4.69) is 10.2 Å². The number of fused-ring (bicyclic) bond motifs is 3. The van der Waals surface area contributed by atoms with Crippen molar-refractivity contribution in [2.75, 3.05) is 0 Å². The summed E-state index contributed by atoms with van der Waals surface area (Å²) in [4.78, 5) is 17.6. The van der Waals surface area contributed by atoms with Crippen LogP contribution in [0.4, 0.5) is 0 Å². The Kier molecular flexibility index (Phi) is 5.04. The number of thiophene rings is 1. The van der Waals surface area contributed by atoms with E-state index < -0.39 is 11.6 Å². The molecule has 29 heavy (non-hydrogen) atoms. The zero-order valence-electron chi connectivity index (χ0n) is 16.6. The highest BCUT2D eigenvalue weighted by Gasteiger charge is 2.31. The van der Waals surface area contributed by atoms with E-state index in [1.165, 1.54) is 0 Å². The lowest BCUT2D eigenvalue weighted by molar-refractivity contribution is -0.155. The number of nitrogens with zero attached hydrogens (tertiary/aromatic N) is 4. The van der Waals surface area contributed by atoms with E-state index in [1.807, 2.05) is 68.0 Å². The number of hydrogen-bond donors (Lipinski definition) is 0. The molecule has 0 N–H and O–H groups in total. The number of halogens is 1. The Morgan fingerprint density at radius 2 is 1.93 bits per heavy atom. The highest BCUT2D eigenvalue weighted by atomic mass is 35.5. The van der Waals surface area contributed by atoms with Gasteiger partial charge in [0.1, 0.15) is 22.5 Å². The summed E-state index contributed by atoms with van der Waals surface area (Å²) in [6.45, 7) is 7.46. The van der Waals surface area contributed by atoms with Crippen molar-refractivity contribution in [3.63, 3.8) is 0 Å². The summed E-state index contributed by atoms with van der Waals surface area (Å²) in [5, 5.41) is 12.3. The molecule has 0 aliphatic carbocycles. The number of benzene rings is 1. The Morgan fingerprint density at radius 3 is 2.62 bits per heavy atom. The summed E-state index contributed by atoms with van der Waals surface area (Å²) in [5.74, 6) is 1.07. The third-order valence-corrected chi connectivity index (χ3v) is 5.58. The number of aromatic nitrogens is 3. The lowest BCUT2D eigenvalue weighted by atomic mass is 10.0. The van der Waals surface area contributed by atoms with Crippen molar-refractivity contribution in [1.82, 2.24) is 14.8 Å². The van der Waals surface area contributed by atoms with Gasteiger partial charge in [-0.05, 0) is 51.3 Å². The van der Waals surface area contributed by atoms with Crippen LogP contribution < -0.4 is 0 Å². The number of ether oxygens (including phenoxy) is 1. The Morgan fingerprint density at radius 1 is 1.21 bits per heavy atom. The van der Waals surface area contributed by atoms with E-state index in [4.69, 9.17) is 21.3 Å². The summed E-state index contributed by atoms with van der Waals surface area (Å²) >= 11 is 7.67. The highest BCUT2D eigenvalue weighted by molar-refractivity contribution is 7.13. The lowest BCUT2D eigenvalue weighted by Gasteiger charge is -2.20. The Labute approximate surface area is 178 Å². The Hall–Kier alpha value is -2.51. The number of aliphatic imine (C=N–C) groups is 1. The molecule has 1 aromatic carbocycles. The topological polar surface area (TPSA) is 69.4 Å². The minimum atomic E-state index is -0.563. The van der Waals surface area contributed by atoms with Gasteiger partial charge < -0.3 is 4.74 Å². The van der Waals surface area contributed by atoms with Crippen molar-refractivity contribution in [2.45, 2.75) is 45.8 Å². The molecule has 1 aliphatic heterocycles. The first kappa shape index (κ1) is 19.8. The number of rotatable bonds is 3. The average molecular weight is 429 g/mol. The second kappa shape index (κ2) is 7.39. The highest BCUT2D eigenvalue weighted by Crippen LogP contribution is 2.35. The van der Waals surface area contributed by atoms with Gasteiger partial charge in [0.05, 0.1) is 12.1 Å². The fourth-order valence-corrected chi connectivity index (χ4v) is 4.38. The van der Waals surface area contributed by atoms with Crippen LogP contribution in [0.15, 0.2) is 40.7 Å². The molecule has 0 radical (unpaired) electrons. The van der Waals surface area contributed by atoms with Crippen molar-refractivity contribution in [3.8, 4) is 5.00 Å². The van der Waals surface area contributed by atoms with E-state index in [-0.39, 0.29) is 12.4 Å². The molecular weight excluding hydrogens is 408 g/mol. The Bertz CT molecular complexity index is 1090. The van der Waals surface area contributed by atoms with Gasteiger partial charge in [0, 0.05) is 16.1 Å². The maximum Gasteiger partial charge on any atom is 0.308 e. The van der Waals surface area contributed by atoms with Crippen LogP contribution in [0.5, 0.6) is 0 Å². The molecule has 6 nitrogen and oxygen atoms in total. The van der Waals surface area contributed by atoms with Crippen LogP contribution in [0.3, 0.4) is 0 Å². The molecule has 3 aromatic rings. The van der Waals surface area contributed by atoms with Gasteiger partial charge in [-0.1, -0.05) is 23.7 Å². The fraction of sp³-hybridized carbons (Fsp3) is 0.333. The van der Waals surface area contributed by atoms with Crippen LogP contribution in [-0.4, -0.2) is 32.0 Å². The number of esters is 1. The predicted octanol–water partition coefficient (Wildman–Crippen LogP) is 4.91. The van der Waals surface area contributed by atoms with Crippen LogP contribution >= 0.6 is 22.9 Å². The minimum Gasteiger partial charge on any atom is -0.460 e. The maximum atomic E-state index is 12.6. The van der Waals surface area contributed by atoms with Crippen molar-refractivity contribution >= 4 is 34.6 Å². The van der Waals surface area contributed by atoms with Crippen LogP contribution in [-0.2, 0) is 9.53 Å². The number of carbonyl (C=O) groups is 1. The summed E-state index contributed by atoms with van der Waals surface area (Å²) in [7, 11) is 0. The first-order valence-electron chi connectivity index (χ1n) is 9.28. The second-order valence-corrected chi connectivity index (χ2v) is 9.20. The molecule has 0 saturated heterocycles. The van der Waals surface area contributed by atoms with Gasteiger partial charge >= 0.3 is 5.97 Å². The molecule has 0 amide bonds. The third kappa shape index (κ3) is 3.97. The van der Waals surface area contributed by atoms with E-state index >= 15 is 0 Å². The molecule has 1 aliphatic rings. The van der Waals surface area contributed by atoms with E-state index in [1.54, 1.807) is 11.3 Å². The zero-order chi connectivity index (χ0) is 20.8. The first-order chi connectivity index (χ1) is 13.7. The molecule has 4 rings (SSSR count). The molecular formula is C21H21ClN4O2S. The average Bonchev–Trinajstić information content (AvgIpc) is 3.21. The van der Waals surface area contributed by atoms with Gasteiger partial charge in [-0.15, -0.1) is 21.5 Å². The minimum absolute atomic E-state index is 0.0848. The molecule has 3 heterocycles. The number of aryl methyl sites for hydroxylation is 1. The van der Waals surface area contributed by atoms with E-state index in [9.17, 15) is 4.79 Å².